The Labute approximate surface area is 159 Å². The SMILES string of the molecule is O=C(CCCOc1ccccc1)Nc1ccc(OCc2ccccc2)cc1. The fraction of sp³-hybridized carbons (Fsp3) is 0.174. The third kappa shape index (κ3) is 6.51. The highest BCUT2D eigenvalue weighted by atomic mass is 16.5. The first-order chi connectivity index (χ1) is 13.3. The highest BCUT2D eigenvalue weighted by Crippen LogP contribution is 2.17. The molecule has 1 amide bonds. The van der Waals surface area contributed by atoms with E-state index in [-0.39, 0.29) is 5.91 Å². The zero-order valence-corrected chi connectivity index (χ0v) is 15.1. The van der Waals surface area contributed by atoms with Gasteiger partial charge in [0.2, 0.25) is 5.91 Å². The largest absolute Gasteiger partial charge is 0.494 e. The van der Waals surface area contributed by atoms with E-state index in [0.29, 0.717) is 26.1 Å². The molecule has 4 nitrogen and oxygen atoms in total. The second kappa shape index (κ2) is 10.0. The van der Waals surface area contributed by atoms with Crippen molar-refractivity contribution < 1.29 is 14.3 Å². The number of hydrogen-bond donors (Lipinski definition) is 1. The van der Waals surface area contributed by atoms with Gasteiger partial charge in [0.05, 0.1) is 6.61 Å². The van der Waals surface area contributed by atoms with E-state index in [9.17, 15) is 4.79 Å². The molecule has 0 aromatic heterocycles. The molecule has 0 heterocycles. The van der Waals surface area contributed by atoms with Crippen LogP contribution in [0.2, 0.25) is 0 Å². The van der Waals surface area contributed by atoms with Gasteiger partial charge in [0, 0.05) is 12.1 Å². The van der Waals surface area contributed by atoms with Crippen molar-refractivity contribution in [1.29, 1.82) is 0 Å². The summed E-state index contributed by atoms with van der Waals surface area (Å²) in [5, 5.41) is 2.89. The smallest absolute Gasteiger partial charge is 0.224 e. The fourth-order valence-electron chi connectivity index (χ4n) is 2.54. The lowest BCUT2D eigenvalue weighted by molar-refractivity contribution is -0.116. The molecule has 27 heavy (non-hydrogen) atoms. The van der Waals surface area contributed by atoms with Crippen LogP contribution in [0.3, 0.4) is 0 Å². The topological polar surface area (TPSA) is 47.6 Å². The van der Waals surface area contributed by atoms with Crippen molar-refractivity contribution in [2.45, 2.75) is 19.4 Å². The number of amides is 1. The molecule has 4 heteroatoms. The van der Waals surface area contributed by atoms with E-state index in [4.69, 9.17) is 9.47 Å². The quantitative estimate of drug-likeness (QED) is 0.542. The van der Waals surface area contributed by atoms with E-state index < -0.39 is 0 Å². The summed E-state index contributed by atoms with van der Waals surface area (Å²) in [5.74, 6) is 1.57. The summed E-state index contributed by atoms with van der Waals surface area (Å²) >= 11 is 0. The number of rotatable bonds is 9. The Morgan fingerprint density at radius 3 is 2.07 bits per heavy atom. The van der Waals surface area contributed by atoms with Gasteiger partial charge in [-0.15, -0.1) is 0 Å². The maximum absolute atomic E-state index is 12.0. The zero-order chi connectivity index (χ0) is 18.7. The van der Waals surface area contributed by atoms with Gasteiger partial charge in [0.25, 0.3) is 0 Å². The summed E-state index contributed by atoms with van der Waals surface area (Å²) in [6.45, 7) is 1.04. The Hall–Kier alpha value is -3.27. The number of benzene rings is 3. The van der Waals surface area contributed by atoms with Crippen molar-refractivity contribution in [1.82, 2.24) is 0 Å². The highest BCUT2D eigenvalue weighted by molar-refractivity contribution is 5.90. The highest BCUT2D eigenvalue weighted by Gasteiger charge is 2.03. The number of ether oxygens (including phenoxy) is 2. The first-order valence-corrected chi connectivity index (χ1v) is 9.04. The van der Waals surface area contributed by atoms with Gasteiger partial charge in [-0.2, -0.15) is 0 Å². The van der Waals surface area contributed by atoms with Crippen LogP contribution < -0.4 is 14.8 Å². The van der Waals surface area contributed by atoms with Crippen LogP contribution in [0, 0.1) is 0 Å². The van der Waals surface area contributed by atoms with Gasteiger partial charge in [-0.1, -0.05) is 48.5 Å². The Kier molecular flexibility index (Phi) is 6.87. The predicted octanol–water partition coefficient (Wildman–Crippen LogP) is 5.06. The van der Waals surface area contributed by atoms with E-state index in [2.05, 4.69) is 5.32 Å². The number of nitrogens with one attached hydrogen (secondary N) is 1. The second-order valence-corrected chi connectivity index (χ2v) is 6.11. The van der Waals surface area contributed by atoms with E-state index in [1.807, 2.05) is 84.9 Å². The summed E-state index contributed by atoms with van der Waals surface area (Å²) in [4.78, 5) is 12.0. The summed E-state index contributed by atoms with van der Waals surface area (Å²) in [6.07, 6.45) is 1.08. The number of para-hydroxylation sites is 1. The van der Waals surface area contributed by atoms with E-state index in [0.717, 1.165) is 22.7 Å². The van der Waals surface area contributed by atoms with Crippen LogP contribution in [0.5, 0.6) is 11.5 Å². The summed E-state index contributed by atoms with van der Waals surface area (Å²) < 4.78 is 11.3. The molecule has 0 atom stereocenters. The summed E-state index contributed by atoms with van der Waals surface area (Å²) in [7, 11) is 0. The molecule has 3 rings (SSSR count). The molecular weight excluding hydrogens is 338 g/mol. The standard InChI is InChI=1S/C23H23NO3/c25-23(12-7-17-26-21-10-5-2-6-11-21)24-20-13-15-22(16-14-20)27-18-19-8-3-1-4-9-19/h1-6,8-11,13-16H,7,12,17-18H2,(H,24,25). The minimum atomic E-state index is -0.0235. The van der Waals surface area contributed by atoms with Gasteiger partial charge in [0.15, 0.2) is 0 Å². The number of anilines is 1. The van der Waals surface area contributed by atoms with Crippen molar-refractivity contribution in [2.24, 2.45) is 0 Å². The van der Waals surface area contributed by atoms with Crippen molar-refractivity contribution in [3.8, 4) is 11.5 Å². The molecule has 0 radical (unpaired) electrons. The van der Waals surface area contributed by atoms with Crippen molar-refractivity contribution in [3.05, 3.63) is 90.5 Å². The Bertz CT molecular complexity index is 817. The predicted molar refractivity (Wildman–Crippen MR) is 107 cm³/mol. The zero-order valence-electron chi connectivity index (χ0n) is 15.1. The van der Waals surface area contributed by atoms with Crippen LogP contribution in [0.1, 0.15) is 18.4 Å². The lowest BCUT2D eigenvalue weighted by atomic mass is 10.2. The Morgan fingerprint density at radius 1 is 0.741 bits per heavy atom. The lowest BCUT2D eigenvalue weighted by Gasteiger charge is -2.09. The molecule has 3 aromatic rings. The molecule has 0 spiro atoms. The van der Waals surface area contributed by atoms with Gasteiger partial charge < -0.3 is 14.8 Å². The minimum absolute atomic E-state index is 0.0235. The Balaban J connectivity index is 1.36. The van der Waals surface area contributed by atoms with Crippen LogP contribution >= 0.6 is 0 Å². The molecule has 3 aromatic carbocycles. The lowest BCUT2D eigenvalue weighted by Crippen LogP contribution is -2.12. The molecule has 0 fully saturated rings. The maximum atomic E-state index is 12.0. The van der Waals surface area contributed by atoms with Crippen LogP contribution in [0.25, 0.3) is 0 Å². The average molecular weight is 361 g/mol. The van der Waals surface area contributed by atoms with Crippen LogP contribution in [-0.4, -0.2) is 12.5 Å². The van der Waals surface area contributed by atoms with Crippen molar-refractivity contribution >= 4 is 11.6 Å². The molecule has 1 N–H and O–H groups in total. The van der Waals surface area contributed by atoms with Crippen LogP contribution in [0.4, 0.5) is 5.69 Å². The van der Waals surface area contributed by atoms with Gasteiger partial charge in [-0.25, -0.2) is 0 Å². The third-order valence-corrected chi connectivity index (χ3v) is 3.95. The molecule has 0 saturated heterocycles. The fourth-order valence-corrected chi connectivity index (χ4v) is 2.54. The van der Waals surface area contributed by atoms with Crippen molar-refractivity contribution in [3.63, 3.8) is 0 Å². The van der Waals surface area contributed by atoms with Crippen LogP contribution in [-0.2, 0) is 11.4 Å². The van der Waals surface area contributed by atoms with Gasteiger partial charge >= 0.3 is 0 Å². The van der Waals surface area contributed by atoms with Gasteiger partial charge in [-0.3, -0.25) is 4.79 Å². The van der Waals surface area contributed by atoms with Crippen molar-refractivity contribution in [2.75, 3.05) is 11.9 Å². The number of carbonyl (C=O) groups excluding carboxylic acids is 1. The molecule has 138 valence electrons. The monoisotopic (exact) mass is 361 g/mol. The molecule has 0 aliphatic carbocycles. The minimum Gasteiger partial charge on any atom is -0.494 e. The first kappa shape index (κ1) is 18.5. The van der Waals surface area contributed by atoms with E-state index >= 15 is 0 Å². The van der Waals surface area contributed by atoms with Gasteiger partial charge in [0.1, 0.15) is 18.1 Å². The Morgan fingerprint density at radius 2 is 1.37 bits per heavy atom. The van der Waals surface area contributed by atoms with E-state index in [1.54, 1.807) is 0 Å². The number of hydrogen-bond acceptors (Lipinski definition) is 3. The third-order valence-electron chi connectivity index (χ3n) is 3.95. The van der Waals surface area contributed by atoms with E-state index in [1.165, 1.54) is 0 Å². The van der Waals surface area contributed by atoms with Gasteiger partial charge in [-0.05, 0) is 48.4 Å². The molecule has 0 unspecified atom stereocenters. The average Bonchev–Trinajstić information content (AvgIpc) is 2.72. The molecule has 0 saturated carbocycles. The maximum Gasteiger partial charge on any atom is 0.224 e. The number of carbonyl (C=O) groups is 1. The first-order valence-electron chi connectivity index (χ1n) is 9.04. The second-order valence-electron chi connectivity index (χ2n) is 6.11. The summed E-state index contributed by atoms with van der Waals surface area (Å²) in [6, 6.07) is 27.0. The van der Waals surface area contributed by atoms with Crippen LogP contribution in [0.15, 0.2) is 84.9 Å². The molecule has 0 aliphatic heterocycles. The normalized spacial score (nSPS) is 10.2. The summed E-state index contributed by atoms with van der Waals surface area (Å²) in [5.41, 5.74) is 1.88. The molecular formula is C23H23NO3. The molecule has 0 aliphatic rings. The molecule has 0 bridgehead atoms.